The molecule has 4 bridgehead atoms. The molecule has 5 rings (SSSR count). The normalized spacial score (nSPS) is 20.1. The molecule has 2 unspecified atom stereocenters. The molecule has 59 heavy (non-hydrogen) atoms. The highest BCUT2D eigenvalue weighted by Crippen LogP contribution is 2.28. The quantitative estimate of drug-likeness (QED) is 0.206. The summed E-state index contributed by atoms with van der Waals surface area (Å²) in [6.45, 7) is 13.0. The minimum absolute atomic E-state index is 0.0585. The number of nitrogens with one attached hydrogen (secondary N) is 4. The van der Waals surface area contributed by atoms with Crippen molar-refractivity contribution in [1.82, 2.24) is 46.4 Å². The number of ether oxygens (including phenoxy) is 2. The lowest BCUT2D eigenvalue weighted by molar-refractivity contribution is -0.145. The number of benzene rings is 2. The van der Waals surface area contributed by atoms with Crippen LogP contribution in [-0.2, 0) is 45.5 Å². The van der Waals surface area contributed by atoms with Crippen LogP contribution in [0.4, 0.5) is 0 Å². The number of aromatic nitrogens is 4. The first-order valence-corrected chi connectivity index (χ1v) is 20.1. The summed E-state index contributed by atoms with van der Waals surface area (Å²) in [4.78, 5) is 83.2. The fourth-order valence-corrected chi connectivity index (χ4v) is 7.12. The molecule has 2 aliphatic heterocycles. The van der Waals surface area contributed by atoms with Crippen molar-refractivity contribution in [3.8, 4) is 5.75 Å². The van der Waals surface area contributed by atoms with Gasteiger partial charge in [-0.3, -0.25) is 28.8 Å². The largest absolute Gasteiger partial charge is 0.491 e. The lowest BCUT2D eigenvalue weighted by Gasteiger charge is -2.35. The van der Waals surface area contributed by atoms with Gasteiger partial charge in [0.25, 0.3) is 5.91 Å². The van der Waals surface area contributed by atoms with Crippen molar-refractivity contribution in [2.75, 3.05) is 26.3 Å². The highest BCUT2D eigenvalue weighted by Gasteiger charge is 2.46. The molecule has 0 saturated carbocycles. The van der Waals surface area contributed by atoms with Crippen molar-refractivity contribution in [2.24, 2.45) is 5.41 Å². The van der Waals surface area contributed by atoms with E-state index in [-0.39, 0.29) is 44.9 Å². The van der Waals surface area contributed by atoms with E-state index in [1.165, 1.54) is 4.90 Å². The summed E-state index contributed by atoms with van der Waals surface area (Å²) < 4.78 is 13.6. The van der Waals surface area contributed by atoms with E-state index < -0.39 is 77.2 Å². The number of amides is 5. The Morgan fingerprint density at radius 2 is 1.69 bits per heavy atom. The van der Waals surface area contributed by atoms with E-state index in [1.807, 2.05) is 96.1 Å². The summed E-state index contributed by atoms with van der Waals surface area (Å²) in [7, 11) is 0. The average molecular weight is 816 g/mol. The highest BCUT2D eigenvalue weighted by atomic mass is 16.5. The van der Waals surface area contributed by atoms with Gasteiger partial charge < -0.3 is 35.6 Å². The molecule has 1 fully saturated rings. The first-order chi connectivity index (χ1) is 28.0. The molecule has 4 N–H and O–H groups in total. The van der Waals surface area contributed by atoms with Crippen LogP contribution in [-0.4, -0.2) is 111 Å². The van der Waals surface area contributed by atoms with Crippen LogP contribution in [0.15, 0.2) is 54.6 Å². The van der Waals surface area contributed by atoms with Crippen LogP contribution < -0.4 is 26.0 Å². The van der Waals surface area contributed by atoms with Crippen LogP contribution in [0.2, 0.25) is 0 Å². The van der Waals surface area contributed by atoms with Gasteiger partial charge in [0.05, 0.1) is 30.8 Å². The number of ketones is 1. The van der Waals surface area contributed by atoms with Crippen molar-refractivity contribution >= 4 is 35.3 Å². The van der Waals surface area contributed by atoms with Gasteiger partial charge in [-0.2, -0.15) is 0 Å². The van der Waals surface area contributed by atoms with E-state index in [9.17, 15) is 28.8 Å². The van der Waals surface area contributed by atoms with E-state index in [2.05, 4.69) is 36.8 Å². The molecular weight excluding hydrogens is 759 g/mol. The summed E-state index contributed by atoms with van der Waals surface area (Å²) in [5, 5.41) is 23.0. The maximum Gasteiger partial charge on any atom is 0.290 e. The number of tetrazole rings is 1. The molecular formula is C42H57N9O8. The van der Waals surface area contributed by atoms with Crippen LogP contribution in [0.5, 0.6) is 5.75 Å². The topological polar surface area (TPSA) is 216 Å². The molecule has 0 aliphatic carbocycles. The monoisotopic (exact) mass is 815 g/mol. The Hall–Kier alpha value is -5.71. The van der Waals surface area contributed by atoms with E-state index in [4.69, 9.17) is 9.47 Å². The average Bonchev–Trinajstić information content (AvgIpc) is 3.87. The molecule has 3 heterocycles. The summed E-state index contributed by atoms with van der Waals surface area (Å²) in [5.74, 6) is -3.03. The maximum absolute atomic E-state index is 14.3. The van der Waals surface area contributed by atoms with Crippen molar-refractivity contribution in [3.05, 3.63) is 71.5 Å². The van der Waals surface area contributed by atoms with E-state index in [0.717, 1.165) is 5.56 Å². The van der Waals surface area contributed by atoms with Crippen LogP contribution in [0.3, 0.4) is 0 Å². The number of nitrogens with zero attached hydrogens (tertiary/aromatic N) is 5. The summed E-state index contributed by atoms with van der Waals surface area (Å²) in [5.41, 5.74) is 0.376. The maximum atomic E-state index is 14.3. The van der Waals surface area contributed by atoms with E-state index >= 15 is 0 Å². The van der Waals surface area contributed by atoms with Crippen LogP contribution in [0, 0.1) is 5.41 Å². The number of fused-ring (bicyclic) bond motifs is 4. The first-order valence-electron chi connectivity index (χ1n) is 20.1. The molecule has 0 radical (unpaired) electrons. The van der Waals surface area contributed by atoms with Crippen LogP contribution in [0.1, 0.15) is 97.1 Å². The number of rotatable bonds is 11. The highest BCUT2D eigenvalue weighted by molar-refractivity contribution is 6.38. The lowest BCUT2D eigenvalue weighted by Crippen LogP contribution is -2.59. The molecule has 3 aromatic rings. The fourth-order valence-electron chi connectivity index (χ4n) is 7.12. The molecule has 1 saturated heterocycles. The SMILES string of the molecule is CCCC(NC(=O)[C@@H]1C[C@@H]2CN1C(=O)[C@H](C(C)(C)C)NC(=O)CCc1cccc(c1)OCCO2)C(=O)C(=O)NCC(=O)NC(c1ccccc1)c1nnnn1C(C)(C)C. The van der Waals surface area contributed by atoms with Crippen molar-refractivity contribution in [2.45, 2.75) is 116 Å². The Morgan fingerprint density at radius 1 is 0.949 bits per heavy atom. The molecule has 5 atom stereocenters. The molecule has 17 nitrogen and oxygen atoms in total. The summed E-state index contributed by atoms with van der Waals surface area (Å²) in [6, 6.07) is 12.5. The molecule has 1 aromatic heterocycles. The zero-order valence-corrected chi connectivity index (χ0v) is 34.9. The molecule has 318 valence electrons. The summed E-state index contributed by atoms with van der Waals surface area (Å²) in [6.07, 6.45) is 0.677. The third-order valence-electron chi connectivity index (χ3n) is 10.2. The second-order valence-electron chi connectivity index (χ2n) is 17.0. The van der Waals surface area contributed by atoms with E-state index in [0.29, 0.717) is 30.0 Å². The van der Waals surface area contributed by atoms with Gasteiger partial charge in [0.15, 0.2) is 5.82 Å². The second kappa shape index (κ2) is 19.4. The van der Waals surface area contributed by atoms with Crippen molar-refractivity contribution in [3.63, 3.8) is 0 Å². The Kier molecular flexibility index (Phi) is 14.6. The van der Waals surface area contributed by atoms with Gasteiger partial charge in [-0.15, -0.1) is 5.10 Å². The standard InChI is InChI=1S/C42H57N9O8/c1-8-13-30(35(54)39(56)43-24-33(53)45-34(27-15-10-9-11-16-27)37-47-48-49-51(37)42(5,6)7)44-38(55)31-23-29-25-50(31)40(57)36(41(2,3)4)46-32(52)19-18-26-14-12-17-28(22-26)58-20-21-59-29/h9-12,14-17,22,29-31,34,36H,8,13,18-21,23-25H2,1-7H3,(H,43,56)(H,44,55)(H,45,53)(H,46,52)/t29-,30?,31+,34?,36-/m1/s1. The molecule has 2 aromatic carbocycles. The smallest absolute Gasteiger partial charge is 0.290 e. The second-order valence-corrected chi connectivity index (χ2v) is 17.0. The van der Waals surface area contributed by atoms with Gasteiger partial charge in [-0.1, -0.05) is 76.6 Å². The van der Waals surface area contributed by atoms with Gasteiger partial charge in [0, 0.05) is 19.4 Å². The zero-order chi connectivity index (χ0) is 42.9. The molecule has 2 aliphatic rings. The van der Waals surface area contributed by atoms with Gasteiger partial charge in [0.2, 0.25) is 29.4 Å². The molecule has 5 amide bonds. The number of aryl methyl sites for hydroxylation is 1. The summed E-state index contributed by atoms with van der Waals surface area (Å²) >= 11 is 0. The Morgan fingerprint density at radius 3 is 2.39 bits per heavy atom. The zero-order valence-electron chi connectivity index (χ0n) is 34.9. The predicted molar refractivity (Wildman–Crippen MR) is 216 cm³/mol. The Balaban J connectivity index is 1.28. The fraction of sp³-hybridized carbons (Fsp3) is 0.548. The Bertz CT molecular complexity index is 1970. The third-order valence-corrected chi connectivity index (χ3v) is 10.2. The third kappa shape index (κ3) is 11.7. The molecule has 17 heteroatoms. The van der Waals surface area contributed by atoms with Crippen LogP contribution in [0.25, 0.3) is 0 Å². The minimum Gasteiger partial charge on any atom is -0.491 e. The van der Waals surface area contributed by atoms with Gasteiger partial charge in [0.1, 0.15) is 30.5 Å². The number of hydrogen-bond donors (Lipinski definition) is 4. The number of hydrogen-bond acceptors (Lipinski definition) is 11. The van der Waals surface area contributed by atoms with Gasteiger partial charge in [-0.05, 0) is 72.7 Å². The molecule has 0 spiro atoms. The van der Waals surface area contributed by atoms with E-state index in [1.54, 1.807) is 11.6 Å². The predicted octanol–water partition coefficient (Wildman–Crippen LogP) is 2.15. The number of carbonyl (C=O) groups excluding carboxylic acids is 6. The van der Waals surface area contributed by atoms with Crippen molar-refractivity contribution < 1.29 is 38.2 Å². The van der Waals surface area contributed by atoms with Gasteiger partial charge in [-0.25, -0.2) is 4.68 Å². The Labute approximate surface area is 344 Å². The van der Waals surface area contributed by atoms with Crippen molar-refractivity contribution in [1.29, 1.82) is 0 Å². The number of carbonyl (C=O) groups is 6. The van der Waals surface area contributed by atoms with Gasteiger partial charge >= 0.3 is 0 Å². The number of Topliss-reactive ketones (excluding diaryl/α,β-unsaturated/α-hetero) is 1. The lowest BCUT2D eigenvalue weighted by atomic mass is 9.85. The van der Waals surface area contributed by atoms with Crippen LogP contribution >= 0.6 is 0 Å². The minimum atomic E-state index is -1.25. The first kappa shape index (κ1) is 44.4.